The number of rotatable bonds is 5. The first-order valence-corrected chi connectivity index (χ1v) is 7.20. The van der Waals surface area contributed by atoms with Gasteiger partial charge in [0, 0.05) is 25.7 Å². The van der Waals surface area contributed by atoms with Crippen LogP contribution in [0.4, 0.5) is 4.79 Å². The monoisotopic (exact) mass is 294 g/mol. The first-order valence-electron chi connectivity index (χ1n) is 7.20. The number of aryl methyl sites for hydroxylation is 2. The SMILES string of the molecule is Cc1noc(C)c1CCCNC(=O)N[C@@H]1CCN(C)C1=O. The van der Waals surface area contributed by atoms with E-state index in [0.717, 1.165) is 29.9 Å². The van der Waals surface area contributed by atoms with Crippen LogP contribution in [0.2, 0.25) is 0 Å². The smallest absolute Gasteiger partial charge is 0.315 e. The minimum atomic E-state index is -0.391. The van der Waals surface area contributed by atoms with E-state index in [1.54, 1.807) is 11.9 Å². The van der Waals surface area contributed by atoms with Gasteiger partial charge in [-0.3, -0.25) is 4.79 Å². The van der Waals surface area contributed by atoms with Crippen molar-refractivity contribution in [1.82, 2.24) is 20.7 Å². The summed E-state index contributed by atoms with van der Waals surface area (Å²) in [7, 11) is 1.74. The van der Waals surface area contributed by atoms with Gasteiger partial charge in [-0.05, 0) is 33.1 Å². The lowest BCUT2D eigenvalue weighted by atomic mass is 10.1. The Morgan fingerprint density at radius 1 is 1.48 bits per heavy atom. The number of nitrogens with zero attached hydrogens (tertiary/aromatic N) is 2. The van der Waals surface area contributed by atoms with Crippen LogP contribution in [0.3, 0.4) is 0 Å². The Kier molecular flexibility index (Phi) is 4.82. The van der Waals surface area contributed by atoms with Gasteiger partial charge in [-0.1, -0.05) is 5.16 Å². The molecular weight excluding hydrogens is 272 g/mol. The lowest BCUT2D eigenvalue weighted by Gasteiger charge is -2.13. The number of likely N-dealkylation sites (tertiary alicyclic amines) is 1. The number of hydrogen-bond acceptors (Lipinski definition) is 4. The van der Waals surface area contributed by atoms with E-state index in [4.69, 9.17) is 4.52 Å². The maximum atomic E-state index is 11.7. The van der Waals surface area contributed by atoms with Crippen molar-refractivity contribution in [2.45, 2.75) is 39.2 Å². The molecule has 0 saturated carbocycles. The summed E-state index contributed by atoms with van der Waals surface area (Å²) >= 11 is 0. The molecule has 0 spiro atoms. The second kappa shape index (κ2) is 6.60. The fraction of sp³-hybridized carbons (Fsp3) is 0.643. The summed E-state index contributed by atoms with van der Waals surface area (Å²) in [5.74, 6) is 0.803. The minimum absolute atomic E-state index is 0.0270. The van der Waals surface area contributed by atoms with Crippen molar-refractivity contribution in [3.8, 4) is 0 Å². The van der Waals surface area contributed by atoms with Crippen molar-refractivity contribution in [2.24, 2.45) is 0 Å². The van der Waals surface area contributed by atoms with Crippen LogP contribution in [-0.2, 0) is 11.2 Å². The largest absolute Gasteiger partial charge is 0.361 e. The van der Waals surface area contributed by atoms with Gasteiger partial charge in [-0.15, -0.1) is 0 Å². The highest BCUT2D eigenvalue weighted by Crippen LogP contribution is 2.13. The Labute approximate surface area is 124 Å². The third kappa shape index (κ3) is 3.74. The zero-order valence-electron chi connectivity index (χ0n) is 12.7. The maximum absolute atomic E-state index is 11.7. The van der Waals surface area contributed by atoms with Crippen LogP contribution in [0.15, 0.2) is 4.52 Å². The third-order valence-electron chi connectivity index (χ3n) is 3.80. The molecule has 116 valence electrons. The molecule has 2 N–H and O–H groups in total. The summed E-state index contributed by atoms with van der Waals surface area (Å²) in [6.45, 7) is 5.04. The summed E-state index contributed by atoms with van der Waals surface area (Å²) in [4.78, 5) is 25.0. The second-order valence-electron chi connectivity index (χ2n) is 5.41. The number of carbonyl (C=O) groups is 2. The van der Waals surface area contributed by atoms with Gasteiger partial charge in [0.05, 0.1) is 5.69 Å². The molecule has 0 aromatic carbocycles. The molecule has 21 heavy (non-hydrogen) atoms. The molecule has 0 radical (unpaired) electrons. The van der Waals surface area contributed by atoms with Gasteiger partial charge in [-0.2, -0.15) is 0 Å². The van der Waals surface area contributed by atoms with Gasteiger partial charge in [0.1, 0.15) is 11.8 Å². The number of carbonyl (C=O) groups excluding carboxylic acids is 2. The van der Waals surface area contributed by atoms with Crippen LogP contribution >= 0.6 is 0 Å². The molecule has 3 amide bonds. The van der Waals surface area contributed by atoms with E-state index in [1.165, 1.54) is 0 Å². The second-order valence-corrected chi connectivity index (χ2v) is 5.41. The van der Waals surface area contributed by atoms with Crippen LogP contribution in [0.25, 0.3) is 0 Å². The van der Waals surface area contributed by atoms with Gasteiger partial charge < -0.3 is 20.1 Å². The van der Waals surface area contributed by atoms with Crippen molar-refractivity contribution in [3.63, 3.8) is 0 Å². The number of hydrogen-bond donors (Lipinski definition) is 2. The highest BCUT2D eigenvalue weighted by Gasteiger charge is 2.29. The Balaban J connectivity index is 1.67. The Hall–Kier alpha value is -2.05. The van der Waals surface area contributed by atoms with E-state index in [2.05, 4.69) is 15.8 Å². The predicted octanol–water partition coefficient (Wildman–Crippen LogP) is 0.754. The number of urea groups is 1. The molecule has 1 aromatic rings. The fourth-order valence-corrected chi connectivity index (χ4v) is 2.49. The van der Waals surface area contributed by atoms with E-state index in [-0.39, 0.29) is 11.9 Å². The molecule has 1 atom stereocenters. The van der Waals surface area contributed by atoms with Crippen molar-refractivity contribution >= 4 is 11.9 Å². The standard InChI is InChI=1S/C14H22N4O3/c1-9-11(10(2)21-17-9)5-4-7-15-14(20)16-12-6-8-18(3)13(12)19/h12H,4-8H2,1-3H3,(H2,15,16,20)/t12-/m1/s1. The first kappa shape index (κ1) is 15.3. The average Bonchev–Trinajstić information content (AvgIpc) is 2.93. The summed E-state index contributed by atoms with van der Waals surface area (Å²) in [5.41, 5.74) is 2.00. The minimum Gasteiger partial charge on any atom is -0.361 e. The van der Waals surface area contributed by atoms with Crippen molar-refractivity contribution in [2.75, 3.05) is 20.1 Å². The highest BCUT2D eigenvalue weighted by atomic mass is 16.5. The summed E-state index contributed by atoms with van der Waals surface area (Å²) in [6, 6.07) is -0.681. The third-order valence-corrected chi connectivity index (χ3v) is 3.80. The van der Waals surface area contributed by atoms with Crippen molar-refractivity contribution < 1.29 is 14.1 Å². The quantitative estimate of drug-likeness (QED) is 0.785. The van der Waals surface area contributed by atoms with Gasteiger partial charge in [0.25, 0.3) is 0 Å². The van der Waals surface area contributed by atoms with Gasteiger partial charge in [0.2, 0.25) is 5.91 Å². The van der Waals surface area contributed by atoms with Gasteiger partial charge in [-0.25, -0.2) is 4.79 Å². The van der Waals surface area contributed by atoms with E-state index >= 15 is 0 Å². The Morgan fingerprint density at radius 3 is 2.81 bits per heavy atom. The summed E-state index contributed by atoms with van der Waals surface area (Å²) in [5, 5.41) is 9.37. The summed E-state index contributed by atoms with van der Waals surface area (Å²) < 4.78 is 5.09. The molecule has 7 nitrogen and oxygen atoms in total. The molecule has 1 aliphatic rings. The molecule has 2 heterocycles. The lowest BCUT2D eigenvalue weighted by molar-refractivity contribution is -0.128. The summed E-state index contributed by atoms with van der Waals surface area (Å²) in [6.07, 6.45) is 2.28. The number of nitrogens with one attached hydrogen (secondary N) is 2. The van der Waals surface area contributed by atoms with Crippen LogP contribution in [0, 0.1) is 13.8 Å². The molecule has 0 aliphatic carbocycles. The molecular formula is C14H22N4O3. The van der Waals surface area contributed by atoms with E-state index < -0.39 is 6.04 Å². The molecule has 1 fully saturated rings. The molecule has 1 aliphatic heterocycles. The van der Waals surface area contributed by atoms with Crippen molar-refractivity contribution in [3.05, 3.63) is 17.0 Å². The van der Waals surface area contributed by atoms with Gasteiger partial charge >= 0.3 is 6.03 Å². The Morgan fingerprint density at radius 2 is 2.24 bits per heavy atom. The van der Waals surface area contributed by atoms with Crippen LogP contribution < -0.4 is 10.6 Å². The molecule has 0 bridgehead atoms. The average molecular weight is 294 g/mol. The molecule has 0 unspecified atom stereocenters. The van der Waals surface area contributed by atoms with Crippen molar-refractivity contribution in [1.29, 1.82) is 0 Å². The van der Waals surface area contributed by atoms with E-state index in [0.29, 0.717) is 19.5 Å². The maximum Gasteiger partial charge on any atom is 0.315 e. The fourth-order valence-electron chi connectivity index (χ4n) is 2.49. The van der Waals surface area contributed by atoms with Crippen LogP contribution in [0.1, 0.15) is 29.9 Å². The lowest BCUT2D eigenvalue weighted by Crippen LogP contribution is -2.45. The predicted molar refractivity (Wildman–Crippen MR) is 76.9 cm³/mol. The number of likely N-dealkylation sites (N-methyl/N-ethyl adjacent to an activating group) is 1. The van der Waals surface area contributed by atoms with Crippen LogP contribution in [-0.4, -0.2) is 48.2 Å². The molecule has 1 saturated heterocycles. The molecule has 2 rings (SSSR count). The zero-order chi connectivity index (χ0) is 15.4. The van der Waals surface area contributed by atoms with Gasteiger partial charge in [0.15, 0.2) is 0 Å². The van der Waals surface area contributed by atoms with Crippen LogP contribution in [0.5, 0.6) is 0 Å². The molecule has 7 heteroatoms. The first-order chi connectivity index (χ1) is 9.99. The molecule has 1 aromatic heterocycles. The normalized spacial score (nSPS) is 18.1. The zero-order valence-corrected chi connectivity index (χ0v) is 12.7. The Bertz CT molecular complexity index is 507. The highest BCUT2D eigenvalue weighted by molar-refractivity contribution is 5.88. The van der Waals surface area contributed by atoms with E-state index in [9.17, 15) is 9.59 Å². The number of aromatic nitrogens is 1. The topological polar surface area (TPSA) is 87.5 Å². The number of amides is 3. The van der Waals surface area contributed by atoms with E-state index in [1.807, 2.05) is 13.8 Å².